The van der Waals surface area contributed by atoms with Crippen LogP contribution in [0.5, 0.6) is 0 Å². The van der Waals surface area contributed by atoms with E-state index in [9.17, 15) is 14.0 Å². The number of H-pyrrole nitrogens is 1. The van der Waals surface area contributed by atoms with Crippen LogP contribution in [0.4, 0.5) is 15.9 Å². The number of nitrogens with zero attached hydrogens (tertiary/aromatic N) is 2. The number of pyridine rings is 1. The van der Waals surface area contributed by atoms with Gasteiger partial charge in [0.25, 0.3) is 5.91 Å². The molecule has 0 aliphatic heterocycles. The Morgan fingerprint density at radius 3 is 2.66 bits per heavy atom. The van der Waals surface area contributed by atoms with Crippen LogP contribution in [0.2, 0.25) is 0 Å². The number of amides is 1. The fraction of sp³-hybridized carbons (Fsp3) is 0.0952. The van der Waals surface area contributed by atoms with Crippen LogP contribution in [-0.4, -0.2) is 20.4 Å². The number of fused-ring (bicyclic) bond motifs is 1. The van der Waals surface area contributed by atoms with Gasteiger partial charge in [0, 0.05) is 31.0 Å². The van der Waals surface area contributed by atoms with Crippen molar-refractivity contribution in [2.45, 2.75) is 6.54 Å². The monoisotopic (exact) mass is 391 g/mol. The van der Waals surface area contributed by atoms with Crippen LogP contribution in [0.3, 0.4) is 0 Å². The molecule has 0 atom stereocenters. The first-order chi connectivity index (χ1) is 14.0. The van der Waals surface area contributed by atoms with Gasteiger partial charge in [0.2, 0.25) is 0 Å². The number of nitrogens with one attached hydrogen (secondary N) is 3. The predicted octanol–water partition coefficient (Wildman–Crippen LogP) is 3.07. The van der Waals surface area contributed by atoms with Gasteiger partial charge in [0.15, 0.2) is 0 Å². The number of benzene rings is 2. The number of anilines is 2. The van der Waals surface area contributed by atoms with Gasteiger partial charge in [-0.2, -0.15) is 0 Å². The highest BCUT2D eigenvalue weighted by molar-refractivity contribution is 5.97. The molecule has 3 N–H and O–H groups in total. The van der Waals surface area contributed by atoms with E-state index in [1.165, 1.54) is 16.7 Å². The summed E-state index contributed by atoms with van der Waals surface area (Å²) in [4.78, 5) is 31.1. The lowest BCUT2D eigenvalue weighted by Crippen LogP contribution is -2.22. The maximum absolute atomic E-state index is 13.0. The van der Waals surface area contributed by atoms with Gasteiger partial charge in [-0.3, -0.25) is 9.36 Å². The van der Waals surface area contributed by atoms with Crippen LogP contribution in [0.25, 0.3) is 11.0 Å². The number of imidazole rings is 1. The molecule has 0 aliphatic carbocycles. The number of hydrogen-bond acceptors (Lipinski definition) is 4. The van der Waals surface area contributed by atoms with E-state index in [4.69, 9.17) is 0 Å². The quantitative estimate of drug-likeness (QED) is 0.488. The molecule has 2 aromatic carbocycles. The van der Waals surface area contributed by atoms with Gasteiger partial charge in [-0.15, -0.1) is 0 Å². The van der Waals surface area contributed by atoms with Crippen LogP contribution < -0.4 is 16.3 Å². The summed E-state index contributed by atoms with van der Waals surface area (Å²) in [6.45, 7) is 0.312. The molecule has 1 amide bonds. The summed E-state index contributed by atoms with van der Waals surface area (Å²) in [6.07, 6.45) is 1.66. The second kappa shape index (κ2) is 7.59. The van der Waals surface area contributed by atoms with Crippen molar-refractivity contribution in [2.75, 3.05) is 5.32 Å². The third kappa shape index (κ3) is 4.01. The molecule has 0 fully saturated rings. The average Bonchev–Trinajstić information content (AvgIpc) is 3.02. The third-order valence-electron chi connectivity index (χ3n) is 4.56. The largest absolute Gasteiger partial charge is 0.348 e. The molecule has 2 heterocycles. The molecule has 7 nitrogen and oxygen atoms in total. The lowest BCUT2D eigenvalue weighted by atomic mass is 10.2. The standard InChI is InChI=1S/C21H18FN5O2/c1-27-18-8-3-14(10-17(18)26-21(27)29)20(28)24-12-13-2-9-19(23-11-13)25-16-6-4-15(22)5-7-16/h2-11H,12H2,1H3,(H,23,25)(H,24,28)(H,26,29). The van der Waals surface area contributed by atoms with Gasteiger partial charge >= 0.3 is 5.69 Å². The Hall–Kier alpha value is -3.94. The number of aryl methyl sites for hydroxylation is 1. The molecule has 0 saturated carbocycles. The van der Waals surface area contributed by atoms with Gasteiger partial charge in [-0.25, -0.2) is 14.2 Å². The number of carbonyl (C=O) groups is 1. The summed E-state index contributed by atoms with van der Waals surface area (Å²) in [5.74, 6) is 0.0719. The second-order valence-electron chi connectivity index (χ2n) is 6.59. The van der Waals surface area contributed by atoms with Crippen LogP contribution in [0.1, 0.15) is 15.9 Å². The third-order valence-corrected chi connectivity index (χ3v) is 4.56. The Kier molecular flexibility index (Phi) is 4.82. The van der Waals surface area contributed by atoms with E-state index in [-0.39, 0.29) is 17.4 Å². The van der Waals surface area contributed by atoms with Crippen molar-refractivity contribution in [1.29, 1.82) is 0 Å². The maximum atomic E-state index is 13.0. The van der Waals surface area contributed by atoms with Crippen molar-refractivity contribution >= 4 is 28.4 Å². The van der Waals surface area contributed by atoms with Crippen molar-refractivity contribution in [3.8, 4) is 0 Å². The zero-order valence-electron chi connectivity index (χ0n) is 15.6. The number of rotatable bonds is 5. The van der Waals surface area contributed by atoms with E-state index in [1.54, 1.807) is 49.6 Å². The van der Waals surface area contributed by atoms with E-state index in [0.29, 0.717) is 23.4 Å². The van der Waals surface area contributed by atoms with E-state index < -0.39 is 0 Å². The molecular weight excluding hydrogens is 373 g/mol. The SMILES string of the molecule is Cn1c(=O)[nH]c2cc(C(=O)NCc3ccc(Nc4ccc(F)cc4)nc3)ccc21. The number of carbonyl (C=O) groups excluding carboxylic acids is 1. The highest BCUT2D eigenvalue weighted by Gasteiger charge is 2.09. The van der Waals surface area contributed by atoms with Crippen LogP contribution in [-0.2, 0) is 13.6 Å². The Morgan fingerprint density at radius 2 is 1.93 bits per heavy atom. The first-order valence-electron chi connectivity index (χ1n) is 8.94. The lowest BCUT2D eigenvalue weighted by molar-refractivity contribution is 0.0951. The maximum Gasteiger partial charge on any atom is 0.326 e. The molecule has 0 unspecified atom stereocenters. The molecule has 8 heteroatoms. The average molecular weight is 391 g/mol. The summed E-state index contributed by atoms with van der Waals surface area (Å²) >= 11 is 0. The van der Waals surface area contributed by atoms with E-state index in [2.05, 4.69) is 20.6 Å². The summed E-state index contributed by atoms with van der Waals surface area (Å²) in [5, 5.41) is 5.91. The molecular formula is C21H18FN5O2. The molecule has 0 aliphatic rings. The number of hydrogen-bond donors (Lipinski definition) is 3. The number of aromatic amines is 1. The summed E-state index contributed by atoms with van der Waals surface area (Å²) in [7, 11) is 1.67. The molecule has 2 aromatic heterocycles. The predicted molar refractivity (Wildman–Crippen MR) is 109 cm³/mol. The molecule has 0 spiro atoms. The zero-order valence-corrected chi connectivity index (χ0v) is 15.6. The molecule has 0 saturated heterocycles. The minimum atomic E-state index is -0.299. The second-order valence-corrected chi connectivity index (χ2v) is 6.59. The Morgan fingerprint density at radius 1 is 1.14 bits per heavy atom. The minimum absolute atomic E-state index is 0.224. The van der Waals surface area contributed by atoms with Gasteiger partial charge in [0.05, 0.1) is 11.0 Å². The molecule has 146 valence electrons. The lowest BCUT2D eigenvalue weighted by Gasteiger charge is -2.08. The van der Waals surface area contributed by atoms with Crippen molar-refractivity contribution in [3.05, 3.63) is 88.2 Å². The zero-order chi connectivity index (χ0) is 20.4. The summed E-state index contributed by atoms with van der Waals surface area (Å²) < 4.78 is 14.4. The molecule has 4 rings (SSSR count). The Balaban J connectivity index is 1.39. The Labute approximate surface area is 165 Å². The van der Waals surface area contributed by atoms with E-state index in [0.717, 1.165) is 16.8 Å². The van der Waals surface area contributed by atoms with Crippen LogP contribution in [0, 0.1) is 5.82 Å². The van der Waals surface area contributed by atoms with Gasteiger partial charge in [-0.05, 0) is 54.1 Å². The summed E-state index contributed by atoms with van der Waals surface area (Å²) in [6, 6.07) is 14.7. The minimum Gasteiger partial charge on any atom is -0.348 e. The highest BCUT2D eigenvalue weighted by atomic mass is 19.1. The van der Waals surface area contributed by atoms with Crippen LogP contribution >= 0.6 is 0 Å². The van der Waals surface area contributed by atoms with Crippen molar-refractivity contribution in [3.63, 3.8) is 0 Å². The van der Waals surface area contributed by atoms with Gasteiger partial charge in [0.1, 0.15) is 11.6 Å². The highest BCUT2D eigenvalue weighted by Crippen LogP contribution is 2.15. The van der Waals surface area contributed by atoms with E-state index >= 15 is 0 Å². The summed E-state index contributed by atoms with van der Waals surface area (Å²) in [5.41, 5.74) is 3.15. The first-order valence-corrected chi connectivity index (χ1v) is 8.94. The topological polar surface area (TPSA) is 91.8 Å². The molecule has 0 bridgehead atoms. The molecule has 0 radical (unpaired) electrons. The normalized spacial score (nSPS) is 10.8. The molecule has 29 heavy (non-hydrogen) atoms. The van der Waals surface area contributed by atoms with Gasteiger partial charge in [-0.1, -0.05) is 6.07 Å². The van der Waals surface area contributed by atoms with Crippen LogP contribution in [0.15, 0.2) is 65.6 Å². The van der Waals surface area contributed by atoms with E-state index in [1.807, 2.05) is 6.07 Å². The Bertz CT molecular complexity index is 1230. The van der Waals surface area contributed by atoms with Gasteiger partial charge < -0.3 is 15.6 Å². The fourth-order valence-electron chi connectivity index (χ4n) is 2.95. The first kappa shape index (κ1) is 18.4. The number of aromatic nitrogens is 3. The van der Waals surface area contributed by atoms with Crippen molar-refractivity contribution in [2.24, 2.45) is 7.05 Å². The van der Waals surface area contributed by atoms with Crippen molar-refractivity contribution < 1.29 is 9.18 Å². The number of halogens is 1. The molecule has 4 aromatic rings. The smallest absolute Gasteiger partial charge is 0.326 e. The fourth-order valence-corrected chi connectivity index (χ4v) is 2.95. The van der Waals surface area contributed by atoms with Crippen molar-refractivity contribution in [1.82, 2.24) is 19.9 Å².